The van der Waals surface area contributed by atoms with Crippen LogP contribution in [-0.4, -0.2) is 0 Å². The molecular weight excluding hydrogens is 488 g/mol. The first-order chi connectivity index (χ1) is 19.8. The predicted octanol–water partition coefficient (Wildman–Crippen LogP) is 9.85. The van der Waals surface area contributed by atoms with Crippen LogP contribution in [0.4, 0.5) is 0 Å². The zero-order valence-corrected chi connectivity index (χ0v) is 22.2. The second-order valence-corrected chi connectivity index (χ2v) is 9.70. The van der Waals surface area contributed by atoms with Gasteiger partial charge in [-0.05, 0) is 45.5 Å². The van der Waals surface area contributed by atoms with Crippen molar-refractivity contribution < 1.29 is 9.47 Å². The Kier molecular flexibility index (Phi) is 7.68. The minimum absolute atomic E-state index is 0.519. The minimum atomic E-state index is 0.519. The molecule has 0 aliphatic rings. The molecule has 6 rings (SSSR count). The van der Waals surface area contributed by atoms with Crippen LogP contribution in [0.5, 0.6) is 11.5 Å². The van der Waals surface area contributed by atoms with E-state index in [2.05, 4.69) is 109 Å². The summed E-state index contributed by atoms with van der Waals surface area (Å²) in [5.74, 6) is 1.78. The monoisotopic (exact) mass is 518 g/mol. The Bertz CT molecular complexity index is 1530. The molecular formula is C38H30O2. The summed E-state index contributed by atoms with van der Waals surface area (Å²) in [6.45, 7) is 1.04. The van der Waals surface area contributed by atoms with Gasteiger partial charge in [-0.2, -0.15) is 0 Å². The Morgan fingerprint density at radius 3 is 1.05 bits per heavy atom. The van der Waals surface area contributed by atoms with Crippen LogP contribution in [0, 0.1) is 0 Å². The molecule has 0 unspecified atom stereocenters. The molecule has 0 aromatic heterocycles. The van der Waals surface area contributed by atoms with Gasteiger partial charge in [0.1, 0.15) is 24.7 Å². The van der Waals surface area contributed by atoms with Crippen LogP contribution in [-0.2, 0) is 13.2 Å². The smallest absolute Gasteiger partial charge is 0.127 e. The maximum absolute atomic E-state index is 6.22. The summed E-state index contributed by atoms with van der Waals surface area (Å²) in [5.41, 5.74) is 9.14. The molecule has 0 spiro atoms. The van der Waals surface area contributed by atoms with E-state index in [-0.39, 0.29) is 0 Å². The van der Waals surface area contributed by atoms with Crippen LogP contribution in [0.2, 0.25) is 0 Å². The van der Waals surface area contributed by atoms with Crippen molar-refractivity contribution in [2.24, 2.45) is 0 Å². The summed E-state index contributed by atoms with van der Waals surface area (Å²) >= 11 is 0. The molecule has 0 heterocycles. The van der Waals surface area contributed by atoms with Crippen LogP contribution < -0.4 is 9.47 Å². The van der Waals surface area contributed by atoms with Crippen molar-refractivity contribution >= 4 is 0 Å². The number of rotatable bonds is 9. The van der Waals surface area contributed by atoms with E-state index in [4.69, 9.17) is 9.47 Å². The van der Waals surface area contributed by atoms with Gasteiger partial charge in [-0.25, -0.2) is 0 Å². The Morgan fingerprint density at radius 2 is 0.650 bits per heavy atom. The van der Waals surface area contributed by atoms with E-state index in [0.29, 0.717) is 13.2 Å². The molecule has 194 valence electrons. The number of hydrogen-bond donors (Lipinski definition) is 0. The van der Waals surface area contributed by atoms with Crippen molar-refractivity contribution in [2.75, 3.05) is 0 Å². The average Bonchev–Trinajstić information content (AvgIpc) is 3.04. The first-order valence-corrected chi connectivity index (χ1v) is 13.6. The van der Waals surface area contributed by atoms with E-state index in [1.54, 1.807) is 0 Å². The molecule has 0 radical (unpaired) electrons. The second kappa shape index (κ2) is 12.2. The molecule has 6 aromatic rings. The number of para-hydroxylation sites is 2. The van der Waals surface area contributed by atoms with Gasteiger partial charge in [0, 0.05) is 11.1 Å². The Morgan fingerprint density at radius 1 is 0.300 bits per heavy atom. The number of benzene rings is 6. The average molecular weight is 519 g/mol. The lowest BCUT2D eigenvalue weighted by Crippen LogP contribution is -1.97. The second-order valence-electron chi connectivity index (χ2n) is 9.70. The Hall–Kier alpha value is -5.08. The molecule has 0 saturated heterocycles. The third-order valence-corrected chi connectivity index (χ3v) is 6.97. The molecule has 0 bridgehead atoms. The molecule has 2 heteroatoms. The zero-order valence-electron chi connectivity index (χ0n) is 22.2. The Labute approximate surface area is 236 Å². The van der Waals surface area contributed by atoms with Gasteiger partial charge < -0.3 is 9.47 Å². The third kappa shape index (κ3) is 5.98. The standard InChI is InChI=1S/C38H30O2/c1-3-11-33(12-4-1)35-15-7-9-17-37(35)39-27-29-19-23-31(24-20-29)32-25-21-30(22-26-32)28-40-38-18-10-8-16-36(38)34-13-5-2-6-14-34/h1-26H,27-28H2. The van der Waals surface area contributed by atoms with E-state index in [1.165, 1.54) is 11.1 Å². The lowest BCUT2D eigenvalue weighted by atomic mass is 10.0. The molecule has 0 aliphatic heterocycles. The molecule has 2 nitrogen and oxygen atoms in total. The van der Waals surface area contributed by atoms with Crippen molar-refractivity contribution in [3.8, 4) is 44.9 Å². The summed E-state index contributed by atoms with van der Waals surface area (Å²) < 4.78 is 12.4. The molecule has 0 atom stereocenters. The summed E-state index contributed by atoms with van der Waals surface area (Å²) in [6, 6.07) is 54.3. The molecule has 0 amide bonds. The van der Waals surface area contributed by atoms with E-state index < -0.39 is 0 Å². The van der Waals surface area contributed by atoms with Crippen molar-refractivity contribution in [3.05, 3.63) is 169 Å². The fourth-order valence-electron chi connectivity index (χ4n) is 4.81. The van der Waals surface area contributed by atoms with Crippen LogP contribution in [0.25, 0.3) is 33.4 Å². The Balaban J connectivity index is 1.08. The SMILES string of the molecule is c1ccc(-c2ccccc2OCc2ccc(-c3ccc(COc4ccccc4-c4ccccc4)cc3)cc2)cc1. The highest BCUT2D eigenvalue weighted by Crippen LogP contribution is 2.32. The topological polar surface area (TPSA) is 18.5 Å². The van der Waals surface area contributed by atoms with Gasteiger partial charge in [0.25, 0.3) is 0 Å². The quantitative estimate of drug-likeness (QED) is 0.190. The maximum Gasteiger partial charge on any atom is 0.127 e. The van der Waals surface area contributed by atoms with Crippen molar-refractivity contribution in [1.82, 2.24) is 0 Å². The van der Waals surface area contributed by atoms with Crippen molar-refractivity contribution in [3.63, 3.8) is 0 Å². The predicted molar refractivity (Wildman–Crippen MR) is 164 cm³/mol. The highest BCUT2D eigenvalue weighted by molar-refractivity contribution is 5.71. The van der Waals surface area contributed by atoms with E-state index in [1.807, 2.05) is 48.5 Å². The lowest BCUT2D eigenvalue weighted by Gasteiger charge is -2.13. The van der Waals surface area contributed by atoms with Gasteiger partial charge in [0.15, 0.2) is 0 Å². The fraction of sp³-hybridized carbons (Fsp3) is 0.0526. The van der Waals surface area contributed by atoms with Crippen molar-refractivity contribution in [2.45, 2.75) is 13.2 Å². The number of ether oxygens (including phenoxy) is 2. The zero-order chi connectivity index (χ0) is 27.0. The molecule has 0 aliphatic carbocycles. The first-order valence-electron chi connectivity index (χ1n) is 13.6. The van der Waals surface area contributed by atoms with Crippen LogP contribution in [0.1, 0.15) is 11.1 Å². The fourth-order valence-corrected chi connectivity index (χ4v) is 4.81. The van der Waals surface area contributed by atoms with Crippen LogP contribution in [0.3, 0.4) is 0 Å². The molecule has 0 saturated carbocycles. The summed E-state index contributed by atoms with van der Waals surface area (Å²) in [4.78, 5) is 0. The number of hydrogen-bond acceptors (Lipinski definition) is 2. The largest absolute Gasteiger partial charge is 0.488 e. The summed E-state index contributed by atoms with van der Waals surface area (Å²) in [6.07, 6.45) is 0. The van der Waals surface area contributed by atoms with Gasteiger partial charge in [0.2, 0.25) is 0 Å². The van der Waals surface area contributed by atoms with E-state index in [0.717, 1.165) is 44.9 Å². The van der Waals surface area contributed by atoms with Crippen LogP contribution in [0.15, 0.2) is 158 Å². The van der Waals surface area contributed by atoms with E-state index in [9.17, 15) is 0 Å². The van der Waals surface area contributed by atoms with E-state index >= 15 is 0 Å². The lowest BCUT2D eigenvalue weighted by molar-refractivity contribution is 0.307. The van der Waals surface area contributed by atoms with Gasteiger partial charge in [-0.1, -0.05) is 146 Å². The molecule has 0 N–H and O–H groups in total. The first kappa shape index (κ1) is 25.2. The van der Waals surface area contributed by atoms with Crippen LogP contribution >= 0.6 is 0 Å². The summed E-state index contributed by atoms with van der Waals surface area (Å²) in [5, 5.41) is 0. The van der Waals surface area contributed by atoms with Gasteiger partial charge in [-0.15, -0.1) is 0 Å². The van der Waals surface area contributed by atoms with Gasteiger partial charge >= 0.3 is 0 Å². The summed E-state index contributed by atoms with van der Waals surface area (Å²) in [7, 11) is 0. The normalized spacial score (nSPS) is 10.7. The molecule has 0 fully saturated rings. The maximum atomic E-state index is 6.22. The highest BCUT2D eigenvalue weighted by atomic mass is 16.5. The molecule has 6 aromatic carbocycles. The van der Waals surface area contributed by atoms with Gasteiger partial charge in [-0.3, -0.25) is 0 Å². The molecule has 40 heavy (non-hydrogen) atoms. The highest BCUT2D eigenvalue weighted by Gasteiger charge is 2.08. The minimum Gasteiger partial charge on any atom is -0.488 e. The van der Waals surface area contributed by atoms with Crippen molar-refractivity contribution in [1.29, 1.82) is 0 Å². The third-order valence-electron chi connectivity index (χ3n) is 6.97. The van der Waals surface area contributed by atoms with Gasteiger partial charge in [0.05, 0.1) is 0 Å².